The van der Waals surface area contributed by atoms with Gasteiger partial charge in [-0.25, -0.2) is 4.79 Å². The molecule has 2 fully saturated rings. The molecule has 1 saturated heterocycles. The first-order valence-corrected chi connectivity index (χ1v) is 8.44. The summed E-state index contributed by atoms with van der Waals surface area (Å²) in [5, 5.41) is 20.9. The molecule has 0 radical (unpaired) electrons. The number of carbonyl (C=O) groups excluding carboxylic acids is 1. The minimum absolute atomic E-state index is 0.197. The summed E-state index contributed by atoms with van der Waals surface area (Å²) in [5.41, 5.74) is -0.609. The van der Waals surface area contributed by atoms with E-state index < -0.39 is 28.7 Å². The summed E-state index contributed by atoms with van der Waals surface area (Å²) < 4.78 is 10.9. The average molecular weight is 334 g/mol. The van der Waals surface area contributed by atoms with Gasteiger partial charge in [-0.3, -0.25) is 4.79 Å². The first-order chi connectivity index (χ1) is 11.2. The first kappa shape index (κ1) is 15.8. The number of hydrogen-bond acceptors (Lipinski definition) is 6. The minimum atomic E-state index is -0.947. The molecule has 2 aliphatic carbocycles. The molecular formula is C18H22O6. The molecule has 6 atom stereocenters. The van der Waals surface area contributed by atoms with Crippen LogP contribution in [0.15, 0.2) is 15.3 Å². The Kier molecular flexibility index (Phi) is 3.10. The number of carbonyl (C=O) groups is 1. The number of aliphatic hydroxyl groups excluding tert-OH is 2. The van der Waals surface area contributed by atoms with Crippen molar-refractivity contribution in [2.75, 3.05) is 0 Å². The van der Waals surface area contributed by atoms with E-state index in [1.165, 1.54) is 13.0 Å². The molecule has 1 aromatic rings. The molecule has 24 heavy (non-hydrogen) atoms. The maximum Gasteiger partial charge on any atom is 0.336 e. The van der Waals surface area contributed by atoms with Crippen LogP contribution in [0.2, 0.25) is 0 Å². The lowest BCUT2D eigenvalue weighted by Gasteiger charge is -2.53. The van der Waals surface area contributed by atoms with Crippen molar-refractivity contribution in [3.8, 4) is 0 Å². The highest BCUT2D eigenvalue weighted by Crippen LogP contribution is 2.61. The van der Waals surface area contributed by atoms with Gasteiger partial charge in [0.15, 0.2) is 0 Å². The van der Waals surface area contributed by atoms with Crippen molar-refractivity contribution >= 4 is 5.97 Å². The van der Waals surface area contributed by atoms with E-state index >= 15 is 0 Å². The van der Waals surface area contributed by atoms with Gasteiger partial charge in [-0.2, -0.15) is 0 Å². The van der Waals surface area contributed by atoms with E-state index in [0.717, 1.165) is 0 Å². The van der Waals surface area contributed by atoms with Crippen LogP contribution in [0.3, 0.4) is 0 Å². The van der Waals surface area contributed by atoms with Crippen molar-refractivity contribution in [1.29, 1.82) is 0 Å². The smallest absolute Gasteiger partial charge is 0.336 e. The van der Waals surface area contributed by atoms with Gasteiger partial charge >= 0.3 is 11.6 Å². The maximum atomic E-state index is 12.5. The van der Waals surface area contributed by atoms with Gasteiger partial charge in [0.2, 0.25) is 0 Å². The van der Waals surface area contributed by atoms with Gasteiger partial charge < -0.3 is 19.4 Å². The fourth-order valence-electron chi connectivity index (χ4n) is 5.40. The van der Waals surface area contributed by atoms with Gasteiger partial charge in [0, 0.05) is 29.4 Å². The largest absolute Gasteiger partial charge is 0.461 e. The molecule has 6 nitrogen and oxygen atoms in total. The molecule has 1 aliphatic heterocycles. The molecule has 0 aromatic carbocycles. The van der Waals surface area contributed by atoms with E-state index in [0.29, 0.717) is 30.4 Å². The number of esters is 1. The lowest BCUT2D eigenvalue weighted by molar-refractivity contribution is -0.149. The fraction of sp³-hybridized carbons (Fsp3) is 0.667. The van der Waals surface area contributed by atoms with Crippen LogP contribution in [0, 0.1) is 11.3 Å². The summed E-state index contributed by atoms with van der Waals surface area (Å²) in [6.07, 6.45) is -0.570. The van der Waals surface area contributed by atoms with Gasteiger partial charge in [0.25, 0.3) is 0 Å². The molecule has 2 heterocycles. The third kappa shape index (κ3) is 1.73. The van der Waals surface area contributed by atoms with Crippen LogP contribution in [0.1, 0.15) is 56.6 Å². The molecule has 3 aliphatic rings. The van der Waals surface area contributed by atoms with E-state index in [9.17, 15) is 19.8 Å². The second kappa shape index (κ2) is 4.70. The van der Waals surface area contributed by atoms with Gasteiger partial charge in [-0.15, -0.1) is 0 Å². The highest BCUT2D eigenvalue weighted by molar-refractivity contribution is 5.80. The van der Waals surface area contributed by atoms with Crippen LogP contribution in [0.5, 0.6) is 0 Å². The van der Waals surface area contributed by atoms with Crippen molar-refractivity contribution in [1.82, 2.24) is 0 Å². The average Bonchev–Trinajstić information content (AvgIpc) is 2.76. The van der Waals surface area contributed by atoms with Crippen molar-refractivity contribution in [2.24, 2.45) is 11.3 Å². The Morgan fingerprint density at radius 3 is 2.71 bits per heavy atom. The predicted molar refractivity (Wildman–Crippen MR) is 83.4 cm³/mol. The van der Waals surface area contributed by atoms with Crippen LogP contribution in [-0.2, 0) is 21.4 Å². The topological polar surface area (TPSA) is 97.0 Å². The third-order valence-electron chi connectivity index (χ3n) is 6.52. The van der Waals surface area contributed by atoms with Gasteiger partial charge in [0.1, 0.15) is 18.0 Å². The summed E-state index contributed by atoms with van der Waals surface area (Å²) in [6, 6.07) is 1.41. The summed E-state index contributed by atoms with van der Waals surface area (Å²) in [7, 11) is 0. The standard InChI is InChI=1S/C18H22O6/c1-8(19)14-9-6-11-15-17(2,16(22)23-11)5-4-12(20)18(15,3)10(9)7-13(21)24-14/h7-8,11-12,15,19-20H,4-6H2,1-3H3. The molecule has 6 unspecified atom stereocenters. The van der Waals surface area contributed by atoms with Crippen LogP contribution in [-0.4, -0.2) is 28.4 Å². The lowest BCUT2D eigenvalue weighted by Crippen LogP contribution is -2.59. The fourth-order valence-corrected chi connectivity index (χ4v) is 5.40. The normalized spacial score (nSPS) is 41.4. The number of fused-ring (bicyclic) bond motifs is 2. The van der Waals surface area contributed by atoms with Crippen molar-refractivity contribution in [3.05, 3.63) is 33.4 Å². The monoisotopic (exact) mass is 334 g/mol. The zero-order valence-electron chi connectivity index (χ0n) is 14.0. The number of ether oxygens (including phenoxy) is 1. The Balaban J connectivity index is 2.02. The molecule has 0 spiro atoms. The Morgan fingerprint density at radius 1 is 1.33 bits per heavy atom. The minimum Gasteiger partial charge on any atom is -0.461 e. The van der Waals surface area contributed by atoms with Crippen LogP contribution < -0.4 is 5.63 Å². The Bertz CT molecular complexity index is 780. The molecular weight excluding hydrogens is 312 g/mol. The molecule has 0 bridgehead atoms. The molecule has 1 aromatic heterocycles. The molecule has 4 rings (SSSR count). The SMILES string of the molecule is CC(O)c1oc(=O)cc2c1CC1OC(=O)C3(C)CCC(O)C2(C)C13. The quantitative estimate of drug-likeness (QED) is 0.749. The molecule has 130 valence electrons. The predicted octanol–water partition coefficient (Wildman–Crippen LogP) is 1.21. The second-order valence-corrected chi connectivity index (χ2v) is 7.88. The zero-order chi connectivity index (χ0) is 17.4. The van der Waals surface area contributed by atoms with Crippen molar-refractivity contribution in [3.63, 3.8) is 0 Å². The zero-order valence-corrected chi connectivity index (χ0v) is 14.0. The van der Waals surface area contributed by atoms with Crippen LogP contribution >= 0.6 is 0 Å². The second-order valence-electron chi connectivity index (χ2n) is 7.88. The lowest BCUT2D eigenvalue weighted by atomic mass is 9.49. The summed E-state index contributed by atoms with van der Waals surface area (Å²) in [4.78, 5) is 24.6. The highest BCUT2D eigenvalue weighted by atomic mass is 16.6. The van der Waals surface area contributed by atoms with E-state index in [1.807, 2.05) is 13.8 Å². The Labute approximate surface area is 139 Å². The van der Waals surface area contributed by atoms with Crippen molar-refractivity contribution < 1.29 is 24.2 Å². The Morgan fingerprint density at radius 2 is 2.04 bits per heavy atom. The number of rotatable bonds is 1. The van der Waals surface area contributed by atoms with Gasteiger partial charge in [0.05, 0.1) is 11.5 Å². The van der Waals surface area contributed by atoms with E-state index in [4.69, 9.17) is 9.15 Å². The van der Waals surface area contributed by atoms with E-state index in [2.05, 4.69) is 0 Å². The molecule has 6 heteroatoms. The first-order valence-electron chi connectivity index (χ1n) is 8.44. The van der Waals surface area contributed by atoms with Crippen LogP contribution in [0.4, 0.5) is 0 Å². The summed E-state index contributed by atoms with van der Waals surface area (Å²) in [5.74, 6) is -0.224. The summed E-state index contributed by atoms with van der Waals surface area (Å²) in [6.45, 7) is 5.34. The summed E-state index contributed by atoms with van der Waals surface area (Å²) >= 11 is 0. The van der Waals surface area contributed by atoms with Gasteiger partial charge in [-0.05, 0) is 32.3 Å². The van der Waals surface area contributed by atoms with E-state index in [-0.39, 0.29) is 23.8 Å². The molecule has 1 saturated carbocycles. The van der Waals surface area contributed by atoms with Crippen LogP contribution in [0.25, 0.3) is 0 Å². The van der Waals surface area contributed by atoms with Crippen molar-refractivity contribution in [2.45, 2.75) is 63.8 Å². The highest BCUT2D eigenvalue weighted by Gasteiger charge is 2.67. The van der Waals surface area contributed by atoms with E-state index in [1.54, 1.807) is 0 Å². The molecule has 0 amide bonds. The number of aliphatic hydroxyl groups is 2. The molecule has 2 N–H and O–H groups in total. The van der Waals surface area contributed by atoms with Gasteiger partial charge in [-0.1, -0.05) is 6.92 Å². The third-order valence-corrected chi connectivity index (χ3v) is 6.52. The maximum absolute atomic E-state index is 12.5. The number of hydrogen-bond donors (Lipinski definition) is 2. The Hall–Kier alpha value is -1.66.